The number of ether oxygens (including phenoxy) is 2. The zero-order valence-corrected chi connectivity index (χ0v) is 75.7. The third-order valence-electron chi connectivity index (χ3n) is 19.9. The van der Waals surface area contributed by atoms with Crippen molar-refractivity contribution in [3.63, 3.8) is 0 Å². The van der Waals surface area contributed by atoms with E-state index in [9.17, 15) is 33.6 Å². The fraction of sp³-hybridized carbons (Fsp3) is 0.322. The minimum absolute atomic E-state index is 0.0756. The van der Waals surface area contributed by atoms with Gasteiger partial charge in [0.25, 0.3) is 0 Å². The van der Waals surface area contributed by atoms with Crippen LogP contribution < -0.4 is 49.9 Å². The molecule has 0 bridgehead atoms. The fourth-order valence-electron chi connectivity index (χ4n) is 14.2. The molecule has 14 heterocycles. The number of benzene rings is 4. The summed E-state index contributed by atoms with van der Waals surface area (Å²) in [5.41, 5.74) is 24.3. The minimum Gasteiger partial charge on any atom is -0.444 e. The highest BCUT2D eigenvalue weighted by molar-refractivity contribution is 9.10. The molecule has 7 N–H and O–H groups in total. The molecule has 34 heteroatoms. The largest absolute Gasteiger partial charge is 0.444 e. The molecule has 0 saturated carbocycles. The third-order valence-corrected chi connectivity index (χ3v) is 21.4. The number of aromatic nitrogens is 11. The highest BCUT2D eigenvalue weighted by atomic mass is 79.9. The number of hydrogen-bond donors (Lipinski definition) is 5. The molecular weight excluding hydrogens is 1780 g/mol. The van der Waals surface area contributed by atoms with Gasteiger partial charge in [-0.05, 0) is 196 Å². The Morgan fingerprint density at radius 1 is 0.484 bits per heavy atom. The van der Waals surface area contributed by atoms with Crippen LogP contribution in [0.4, 0.5) is 26.8 Å². The van der Waals surface area contributed by atoms with Crippen molar-refractivity contribution >= 4 is 144 Å². The summed E-state index contributed by atoms with van der Waals surface area (Å²) in [6.07, 6.45) is 15.0. The quantitative estimate of drug-likeness (QED) is 0.0509. The van der Waals surface area contributed by atoms with Gasteiger partial charge in [0.05, 0.1) is 90.9 Å². The van der Waals surface area contributed by atoms with Crippen molar-refractivity contribution in [2.45, 2.75) is 146 Å². The smallest absolute Gasteiger partial charge is 0.410 e. The lowest BCUT2D eigenvalue weighted by atomic mass is 10.1. The monoisotopic (exact) mass is 1870 g/mol. The number of halogens is 3. The van der Waals surface area contributed by atoms with Crippen molar-refractivity contribution in [3.8, 4) is 33.8 Å². The van der Waals surface area contributed by atoms with Crippen LogP contribution in [-0.2, 0) is 9.47 Å². The SMILES string of the molecule is CC(C)(C)OC(=O)N1CC[C@H](N)C1.Cc1cn2cc(-c3cc4ccc(Br)cc4oc3=O)nc2c(C)n1.Cc1cn2cc(-c3cc4ccc(N[C@H]5CCN(C(=O)OC(C)(C)C)C5)cc4oc3=O)nc2c(C)n1.Cc1cn2cc(-c3cc4ccc(N[C@H]5CCNC5)cc4oc3=O)nc2c(C)n1.Cc1cnc(N)c(C)n1.O=C(CBr)c1cc2ccc(Br)cc2oc1=O. The number of nitrogens with zero attached hydrogens (tertiary/aromatic N) is 13. The maximum atomic E-state index is 12.8. The van der Waals surface area contributed by atoms with E-state index in [4.69, 9.17) is 38.6 Å². The number of carbonyl (C=O) groups excluding carboxylic acids is 3. The van der Waals surface area contributed by atoms with Crippen LogP contribution in [0.25, 0.3) is 94.6 Å². The van der Waals surface area contributed by atoms with Gasteiger partial charge in [0.15, 0.2) is 22.7 Å². The number of ketones is 1. The molecule has 11 aromatic heterocycles. The van der Waals surface area contributed by atoms with Crippen LogP contribution in [0.2, 0.25) is 0 Å². The Morgan fingerprint density at radius 3 is 1.27 bits per heavy atom. The summed E-state index contributed by atoms with van der Waals surface area (Å²) in [6.45, 7) is 30.9. The Morgan fingerprint density at radius 2 is 0.879 bits per heavy atom. The predicted molar refractivity (Wildman–Crippen MR) is 489 cm³/mol. The number of imidazole rings is 3. The fourth-order valence-corrected chi connectivity index (χ4v) is 15.2. The van der Waals surface area contributed by atoms with E-state index >= 15 is 0 Å². The number of hydrogen-bond acceptors (Lipinski definition) is 26. The summed E-state index contributed by atoms with van der Waals surface area (Å²) in [6, 6.07) is 30.1. The molecule has 0 radical (unpaired) electrons. The first kappa shape index (κ1) is 89.4. The first-order valence-electron chi connectivity index (χ1n) is 40.1. The average molecular weight is 1880 g/mol. The van der Waals surface area contributed by atoms with Gasteiger partial charge in [-0.2, -0.15) is 0 Å². The predicted octanol–water partition coefficient (Wildman–Crippen LogP) is 16.1. The van der Waals surface area contributed by atoms with Gasteiger partial charge in [-0.15, -0.1) is 0 Å². The highest BCUT2D eigenvalue weighted by Gasteiger charge is 2.31. The second-order valence-electron chi connectivity index (χ2n) is 32.5. The number of anilines is 3. The van der Waals surface area contributed by atoms with E-state index in [0.29, 0.717) is 93.2 Å². The van der Waals surface area contributed by atoms with Crippen molar-refractivity contribution in [3.05, 3.63) is 242 Å². The number of aryl methyl sites for hydroxylation is 8. The van der Waals surface area contributed by atoms with Crippen LogP contribution in [0, 0.1) is 55.4 Å². The number of rotatable bonds is 9. The number of likely N-dealkylation sites (tertiary alicyclic amines) is 2. The Bertz CT molecular complexity index is 6840. The standard InChI is InChI=1S/C26H29N5O4.C21H21N5O2.C17H12BrN3O2.C11H6Br2O3.C9H18N2O2.C6H9N3/c1-15-12-31-14-21(29-23(31)16(2)27-15)20-10-17-6-7-18(11-22(17)34-24(20)32)28-19-8-9-30(13-19)25(33)35-26(3,4)5;1-12-10-26-11-18(25-20(26)13(2)23-12)17-7-14-3-4-15(8-19(14)28-21(17)27)24-16-5-6-22-9-16;1-9-7-21-8-14(20-16(21)10(2)19-9)13-5-11-3-4-12(18)6-15(11)23-17(13)22;12-5-9(14)8-3-6-1-2-7(13)4-10(6)16-11(8)15;1-9(2,3)13-8(12)11-5-4-7(10)6-11;1-4-3-8-6(7)5(2)9-4/h6-7,10-12,14,19,28H,8-9,13H2,1-5H3;3-4,7-8,10-11,16,22,24H,5-6,9H2,1-2H3;3-8H,1-2H3;1-4H,5H2;7H,4-6,10H2,1-3H3;3H,1-2H3,(H2,7,8)/t19-;16-;;;7-;/m00..0./s1. The molecular formula is C90H95Br3N18O13. The number of amides is 2. The number of nitrogens with one attached hydrogen (secondary N) is 3. The lowest BCUT2D eigenvalue weighted by molar-refractivity contribution is 0.0282. The zero-order valence-electron chi connectivity index (χ0n) is 71.0. The highest BCUT2D eigenvalue weighted by Crippen LogP contribution is 2.31. The molecule has 3 atom stereocenters. The normalized spacial score (nSPS) is 15.0. The molecule has 31 nitrogen and oxygen atoms in total. The van der Waals surface area contributed by atoms with Gasteiger partial charge in [-0.1, -0.05) is 59.9 Å². The van der Waals surface area contributed by atoms with E-state index in [1.807, 2.05) is 220 Å². The van der Waals surface area contributed by atoms with Crippen LogP contribution in [0.15, 0.2) is 186 Å². The minimum atomic E-state index is -0.602. The third kappa shape index (κ3) is 22.2. The number of nitrogens with two attached hydrogens (primary N) is 2. The van der Waals surface area contributed by atoms with Gasteiger partial charge in [0, 0.05) is 142 Å². The lowest BCUT2D eigenvalue weighted by Crippen LogP contribution is -2.36. The van der Waals surface area contributed by atoms with E-state index < -0.39 is 33.7 Å². The molecule has 0 unspecified atom stereocenters. The second kappa shape index (κ2) is 37.8. The molecule has 3 aliphatic rings. The van der Waals surface area contributed by atoms with Crippen LogP contribution in [0.5, 0.6) is 0 Å². The summed E-state index contributed by atoms with van der Waals surface area (Å²) < 4.78 is 39.8. The maximum absolute atomic E-state index is 12.8. The van der Waals surface area contributed by atoms with Gasteiger partial charge in [0.1, 0.15) is 44.9 Å². The summed E-state index contributed by atoms with van der Waals surface area (Å²) in [4.78, 5) is 123. The van der Waals surface area contributed by atoms with Gasteiger partial charge < -0.3 is 77.6 Å². The van der Waals surface area contributed by atoms with Crippen LogP contribution in [0.1, 0.15) is 117 Å². The van der Waals surface area contributed by atoms with Gasteiger partial charge in [-0.25, -0.2) is 48.7 Å². The Balaban J connectivity index is 0.000000134. The molecule has 2 amide bonds. The van der Waals surface area contributed by atoms with Crippen LogP contribution >= 0.6 is 47.8 Å². The van der Waals surface area contributed by atoms with E-state index in [1.165, 1.54) is 0 Å². The Labute approximate surface area is 736 Å². The van der Waals surface area contributed by atoms with Crippen LogP contribution in [0.3, 0.4) is 0 Å². The van der Waals surface area contributed by atoms with E-state index in [-0.39, 0.29) is 40.9 Å². The van der Waals surface area contributed by atoms with Gasteiger partial charge in [0.2, 0.25) is 0 Å². The molecule has 4 aromatic carbocycles. The van der Waals surface area contributed by atoms with Crippen molar-refractivity contribution in [1.82, 2.24) is 68.2 Å². The Kier molecular flexibility index (Phi) is 27.2. The number of Topliss-reactive ketones (excluding diaryl/α,β-unsaturated/α-hetero) is 1. The van der Waals surface area contributed by atoms with Crippen molar-refractivity contribution in [2.75, 3.05) is 61.0 Å². The van der Waals surface area contributed by atoms with Gasteiger partial charge >= 0.3 is 34.7 Å². The van der Waals surface area contributed by atoms with E-state index in [1.54, 1.807) is 40.3 Å². The molecule has 3 saturated heterocycles. The first-order chi connectivity index (χ1) is 58.8. The molecule has 3 fully saturated rings. The first-order valence-corrected chi connectivity index (χ1v) is 42.8. The number of fused-ring (bicyclic) bond motifs is 7. The lowest BCUT2D eigenvalue weighted by Gasteiger charge is -2.24. The number of nitrogen functional groups attached to an aromatic ring is 1. The molecule has 18 rings (SSSR count). The summed E-state index contributed by atoms with van der Waals surface area (Å²) in [5, 5.41) is 13.6. The summed E-state index contributed by atoms with van der Waals surface area (Å²) in [5.74, 6) is 0.235. The molecule has 124 heavy (non-hydrogen) atoms. The zero-order chi connectivity index (χ0) is 88.9. The van der Waals surface area contributed by atoms with Crippen LogP contribution in [-0.4, -0.2) is 155 Å². The average Bonchev–Trinajstić information content (AvgIpc) is 1.63. The molecule has 0 spiro atoms. The molecule has 3 aliphatic heterocycles. The van der Waals surface area contributed by atoms with Gasteiger partial charge in [-0.3, -0.25) is 24.7 Å². The van der Waals surface area contributed by atoms with Crippen molar-refractivity contribution in [1.29, 1.82) is 0 Å². The molecule has 0 aliphatic carbocycles. The topological polar surface area (TPSA) is 401 Å². The molecule has 644 valence electrons. The summed E-state index contributed by atoms with van der Waals surface area (Å²) >= 11 is 9.68. The van der Waals surface area contributed by atoms with Crippen molar-refractivity contribution < 1.29 is 41.5 Å². The molecule has 15 aromatic rings. The number of carbonyl (C=O) groups is 3. The maximum Gasteiger partial charge on any atom is 0.410 e. The Hall–Kier alpha value is -12.4. The second-order valence-corrected chi connectivity index (χ2v) is 34.9. The number of alkyl halides is 1. The van der Waals surface area contributed by atoms with Crippen molar-refractivity contribution in [2.24, 2.45) is 5.73 Å². The van der Waals surface area contributed by atoms with E-state index in [0.717, 1.165) is 138 Å². The summed E-state index contributed by atoms with van der Waals surface area (Å²) in [7, 11) is 0. The van der Waals surface area contributed by atoms with E-state index in [2.05, 4.69) is 104 Å².